The number of nitrogens with one attached hydrogen (secondary N) is 1. The number of benzene rings is 1. The molecule has 0 bridgehead atoms. The normalized spacial score (nSPS) is 9.84. The molecule has 1 rings (SSSR count). The van der Waals surface area contributed by atoms with E-state index in [4.69, 9.17) is 0 Å². The van der Waals surface area contributed by atoms with Gasteiger partial charge in [-0.1, -0.05) is 18.2 Å². The predicted octanol–water partition coefficient (Wildman–Crippen LogP) is 2.28. The van der Waals surface area contributed by atoms with Gasteiger partial charge >= 0.3 is 0 Å². The molecule has 4 heteroatoms. The second kappa shape index (κ2) is 6.73. The van der Waals surface area contributed by atoms with Crippen molar-refractivity contribution in [3.63, 3.8) is 0 Å². The van der Waals surface area contributed by atoms with Crippen LogP contribution in [0.25, 0.3) is 0 Å². The van der Waals surface area contributed by atoms with Crippen LogP contribution in [0.3, 0.4) is 0 Å². The number of hydrogen-bond donors (Lipinski definition) is 1. The van der Waals surface area contributed by atoms with Crippen LogP contribution in [0.5, 0.6) is 0 Å². The lowest BCUT2D eigenvalue weighted by Crippen LogP contribution is -2.36. The highest BCUT2D eigenvalue weighted by atomic mass is 16.2. The average Bonchev–Trinajstić information content (AvgIpc) is 2.34. The zero-order valence-corrected chi connectivity index (χ0v) is 11.7. The van der Waals surface area contributed by atoms with Gasteiger partial charge in [-0.15, -0.1) is 6.58 Å². The van der Waals surface area contributed by atoms with E-state index in [1.54, 1.807) is 6.08 Å². The van der Waals surface area contributed by atoms with E-state index in [0.717, 1.165) is 16.8 Å². The molecule has 0 aliphatic rings. The molecule has 19 heavy (non-hydrogen) atoms. The Morgan fingerprint density at radius 3 is 2.63 bits per heavy atom. The lowest BCUT2D eigenvalue weighted by Gasteiger charge is -2.19. The summed E-state index contributed by atoms with van der Waals surface area (Å²) < 4.78 is 0. The second-order valence-corrected chi connectivity index (χ2v) is 4.48. The van der Waals surface area contributed by atoms with Gasteiger partial charge in [0, 0.05) is 19.2 Å². The summed E-state index contributed by atoms with van der Waals surface area (Å²) >= 11 is 0. The molecule has 1 aromatic carbocycles. The van der Waals surface area contributed by atoms with Gasteiger partial charge in [0.15, 0.2) is 0 Å². The summed E-state index contributed by atoms with van der Waals surface area (Å²) in [5, 5.41) is 2.83. The van der Waals surface area contributed by atoms with Gasteiger partial charge in [-0.05, 0) is 31.0 Å². The average molecular weight is 260 g/mol. The number of aryl methyl sites for hydroxylation is 1. The van der Waals surface area contributed by atoms with Crippen LogP contribution in [-0.4, -0.2) is 29.8 Å². The monoisotopic (exact) mass is 260 g/mol. The Kier molecular flexibility index (Phi) is 5.30. The number of carbonyl (C=O) groups excluding carboxylic acids is 2. The third-order valence-corrected chi connectivity index (χ3v) is 3.01. The van der Waals surface area contributed by atoms with Crippen molar-refractivity contribution in [1.82, 2.24) is 4.90 Å². The van der Waals surface area contributed by atoms with Gasteiger partial charge in [0.1, 0.15) is 6.54 Å². The van der Waals surface area contributed by atoms with Crippen LogP contribution in [0.15, 0.2) is 30.9 Å². The van der Waals surface area contributed by atoms with Crippen LogP contribution < -0.4 is 5.32 Å². The molecule has 0 atom stereocenters. The predicted molar refractivity (Wildman–Crippen MR) is 77.0 cm³/mol. The summed E-state index contributed by atoms with van der Waals surface area (Å²) in [7, 11) is 0. The van der Waals surface area contributed by atoms with E-state index < -0.39 is 0 Å². The lowest BCUT2D eigenvalue weighted by atomic mass is 10.1. The minimum Gasteiger partial charge on any atom is -0.330 e. The molecular weight excluding hydrogens is 240 g/mol. The third kappa shape index (κ3) is 4.25. The smallest absolute Gasteiger partial charge is 0.244 e. The topological polar surface area (TPSA) is 49.4 Å². The first-order valence-corrected chi connectivity index (χ1v) is 6.18. The van der Waals surface area contributed by atoms with Gasteiger partial charge < -0.3 is 10.2 Å². The molecule has 0 aromatic heterocycles. The van der Waals surface area contributed by atoms with Crippen LogP contribution in [-0.2, 0) is 9.59 Å². The molecule has 1 N–H and O–H groups in total. The maximum Gasteiger partial charge on any atom is 0.244 e. The number of anilines is 1. The van der Waals surface area contributed by atoms with Crippen LogP contribution in [0.4, 0.5) is 5.69 Å². The molecule has 0 radical (unpaired) electrons. The first-order chi connectivity index (χ1) is 8.95. The molecule has 0 aliphatic carbocycles. The van der Waals surface area contributed by atoms with Gasteiger partial charge in [-0.2, -0.15) is 0 Å². The Hall–Kier alpha value is -2.10. The molecular formula is C15H20N2O2. The van der Waals surface area contributed by atoms with Crippen molar-refractivity contribution in [3.05, 3.63) is 42.0 Å². The molecule has 0 saturated carbocycles. The Labute approximate surface area is 114 Å². The zero-order chi connectivity index (χ0) is 14.4. The SMILES string of the molecule is C=CCN(CC(=O)Nc1cccc(C)c1C)C(C)=O. The summed E-state index contributed by atoms with van der Waals surface area (Å²) in [6, 6.07) is 5.74. The highest BCUT2D eigenvalue weighted by Crippen LogP contribution is 2.17. The Bertz CT molecular complexity index is 495. The molecule has 2 amide bonds. The molecule has 0 aliphatic heterocycles. The van der Waals surface area contributed by atoms with Crippen LogP contribution in [0.2, 0.25) is 0 Å². The first-order valence-electron chi connectivity index (χ1n) is 6.18. The Morgan fingerprint density at radius 2 is 2.05 bits per heavy atom. The summed E-state index contributed by atoms with van der Waals surface area (Å²) in [5.41, 5.74) is 2.94. The van der Waals surface area contributed by atoms with Crippen LogP contribution in [0, 0.1) is 13.8 Å². The highest BCUT2D eigenvalue weighted by molar-refractivity contribution is 5.95. The standard InChI is InChI=1S/C15H20N2O2/c1-5-9-17(13(4)18)10-15(19)16-14-8-6-7-11(2)12(14)3/h5-8H,1,9-10H2,2-4H3,(H,16,19). The molecule has 0 saturated heterocycles. The molecule has 0 fully saturated rings. The van der Waals surface area contributed by atoms with Gasteiger partial charge in [0.2, 0.25) is 11.8 Å². The summed E-state index contributed by atoms with van der Waals surface area (Å²) in [6.07, 6.45) is 1.60. The van der Waals surface area contributed by atoms with Crippen molar-refractivity contribution in [2.45, 2.75) is 20.8 Å². The number of hydrogen-bond acceptors (Lipinski definition) is 2. The number of nitrogens with zero attached hydrogens (tertiary/aromatic N) is 1. The number of rotatable bonds is 5. The van der Waals surface area contributed by atoms with E-state index in [1.165, 1.54) is 11.8 Å². The van der Waals surface area contributed by atoms with E-state index in [-0.39, 0.29) is 18.4 Å². The van der Waals surface area contributed by atoms with Gasteiger partial charge in [-0.3, -0.25) is 9.59 Å². The Morgan fingerprint density at radius 1 is 1.37 bits per heavy atom. The number of amides is 2. The lowest BCUT2D eigenvalue weighted by molar-refractivity contribution is -0.132. The van der Waals surface area contributed by atoms with Crippen molar-refractivity contribution in [2.75, 3.05) is 18.4 Å². The highest BCUT2D eigenvalue weighted by Gasteiger charge is 2.13. The minimum absolute atomic E-state index is 0.0364. The maximum atomic E-state index is 11.9. The van der Waals surface area contributed by atoms with Crippen LogP contribution >= 0.6 is 0 Å². The number of carbonyl (C=O) groups is 2. The molecule has 4 nitrogen and oxygen atoms in total. The summed E-state index contributed by atoms with van der Waals surface area (Å²) in [5.74, 6) is -0.346. The fourth-order valence-corrected chi connectivity index (χ4v) is 1.71. The van der Waals surface area contributed by atoms with E-state index in [2.05, 4.69) is 11.9 Å². The van der Waals surface area contributed by atoms with Crippen LogP contribution in [0.1, 0.15) is 18.1 Å². The minimum atomic E-state index is -0.203. The van der Waals surface area contributed by atoms with E-state index in [0.29, 0.717) is 6.54 Å². The van der Waals surface area contributed by atoms with E-state index in [9.17, 15) is 9.59 Å². The fourth-order valence-electron chi connectivity index (χ4n) is 1.71. The molecule has 1 aromatic rings. The van der Waals surface area contributed by atoms with Crippen molar-refractivity contribution in [1.29, 1.82) is 0 Å². The molecule has 0 heterocycles. The zero-order valence-electron chi connectivity index (χ0n) is 11.7. The third-order valence-electron chi connectivity index (χ3n) is 3.01. The fraction of sp³-hybridized carbons (Fsp3) is 0.333. The van der Waals surface area contributed by atoms with Crippen molar-refractivity contribution >= 4 is 17.5 Å². The first kappa shape index (κ1) is 15.0. The van der Waals surface area contributed by atoms with E-state index in [1.807, 2.05) is 32.0 Å². The van der Waals surface area contributed by atoms with E-state index >= 15 is 0 Å². The Balaban J connectivity index is 2.71. The summed E-state index contributed by atoms with van der Waals surface area (Å²) in [6.45, 7) is 9.37. The van der Waals surface area contributed by atoms with Crippen molar-refractivity contribution < 1.29 is 9.59 Å². The van der Waals surface area contributed by atoms with Gasteiger partial charge in [0.05, 0.1) is 0 Å². The van der Waals surface area contributed by atoms with Gasteiger partial charge in [0.25, 0.3) is 0 Å². The molecule has 102 valence electrons. The molecule has 0 unspecified atom stereocenters. The quantitative estimate of drug-likeness (QED) is 0.826. The maximum absolute atomic E-state index is 11.9. The van der Waals surface area contributed by atoms with Gasteiger partial charge in [-0.25, -0.2) is 0 Å². The van der Waals surface area contributed by atoms with Crippen molar-refractivity contribution in [3.8, 4) is 0 Å². The largest absolute Gasteiger partial charge is 0.330 e. The molecule has 0 spiro atoms. The second-order valence-electron chi connectivity index (χ2n) is 4.48. The van der Waals surface area contributed by atoms with Crippen molar-refractivity contribution in [2.24, 2.45) is 0 Å². The summed E-state index contributed by atoms with van der Waals surface area (Å²) in [4.78, 5) is 24.7.